The molecule has 0 atom stereocenters. The first-order valence-corrected chi connectivity index (χ1v) is 6.27. The number of guanidine groups is 1. The second kappa shape index (κ2) is 6.75. The Hall–Kier alpha value is -1.47. The van der Waals surface area contributed by atoms with E-state index in [1.807, 2.05) is 0 Å². The summed E-state index contributed by atoms with van der Waals surface area (Å²) in [5.41, 5.74) is 8.27. The average molecular weight is 358 g/mol. The minimum absolute atomic E-state index is 0. The molecular weight excluding hydrogens is 342 g/mol. The Morgan fingerprint density at radius 1 is 1.18 bits per heavy atom. The number of hydrogen-bond acceptors (Lipinski definition) is 1. The highest BCUT2D eigenvalue weighted by Gasteiger charge is 2.34. The number of hydrogen-bond donors (Lipinski definition) is 2. The van der Waals surface area contributed by atoms with Crippen molar-refractivity contribution in [1.82, 2.24) is 0 Å². The van der Waals surface area contributed by atoms with Crippen LogP contribution in [0.15, 0.2) is 17.1 Å². The third kappa shape index (κ3) is 4.78. The topological polar surface area (TPSA) is 81.5 Å². The molecule has 0 aromatic heterocycles. The molecule has 1 amide bonds. The number of amides is 1. The van der Waals surface area contributed by atoms with Crippen LogP contribution in [0.5, 0.6) is 0 Å². The lowest BCUT2D eigenvalue weighted by molar-refractivity contribution is -0.137. The van der Waals surface area contributed by atoms with Crippen LogP contribution in [0.4, 0.5) is 13.2 Å². The molecule has 0 heterocycles. The number of alkyl halides is 3. The molecule has 0 spiro atoms. The Morgan fingerprint density at radius 3 is 2.05 bits per heavy atom. The SMILES string of the molecule is CC(C)(C)c1cc(C(F)(F)F)cc(C(=O)N=C(N)N)c1Cl.Cl. The standard InChI is InChI=1S/C13H15ClF3N3O.ClH/c1-12(2,3)8-5-6(13(15,16)17)4-7(9(8)14)10(21)20-11(18)19;/h4-5H,1-3H3,(H4,18,19,20,21);1H. The fourth-order valence-corrected chi connectivity index (χ4v) is 2.14. The molecule has 0 aliphatic rings. The van der Waals surface area contributed by atoms with Crippen molar-refractivity contribution in [1.29, 1.82) is 0 Å². The van der Waals surface area contributed by atoms with E-state index in [2.05, 4.69) is 4.99 Å². The fourth-order valence-electron chi connectivity index (χ4n) is 1.67. The monoisotopic (exact) mass is 357 g/mol. The Labute approximate surface area is 137 Å². The minimum atomic E-state index is -4.61. The van der Waals surface area contributed by atoms with Gasteiger partial charge >= 0.3 is 6.18 Å². The van der Waals surface area contributed by atoms with E-state index < -0.39 is 29.0 Å². The molecule has 0 aliphatic heterocycles. The molecular formula is C13H16Cl2F3N3O. The maximum atomic E-state index is 13.0. The van der Waals surface area contributed by atoms with Gasteiger partial charge in [-0.2, -0.15) is 18.2 Å². The first kappa shape index (κ1) is 20.5. The predicted octanol–water partition coefficient (Wildman–Crippen LogP) is 3.49. The molecule has 1 rings (SSSR count). The summed E-state index contributed by atoms with van der Waals surface area (Å²) in [5, 5.41) is -0.0921. The number of halogens is 5. The van der Waals surface area contributed by atoms with Gasteiger partial charge in [0.25, 0.3) is 5.91 Å². The number of nitrogens with zero attached hydrogens (tertiary/aromatic N) is 1. The number of aliphatic imine (C=N–C) groups is 1. The van der Waals surface area contributed by atoms with Gasteiger partial charge in [-0.3, -0.25) is 4.79 Å². The maximum absolute atomic E-state index is 13.0. The van der Waals surface area contributed by atoms with Gasteiger partial charge in [-0.15, -0.1) is 12.4 Å². The largest absolute Gasteiger partial charge is 0.416 e. The third-order valence-electron chi connectivity index (χ3n) is 2.67. The number of carbonyl (C=O) groups excluding carboxylic acids is 1. The minimum Gasteiger partial charge on any atom is -0.370 e. The third-order valence-corrected chi connectivity index (χ3v) is 3.08. The molecule has 4 nitrogen and oxygen atoms in total. The molecule has 4 N–H and O–H groups in total. The van der Waals surface area contributed by atoms with Crippen LogP contribution < -0.4 is 11.5 Å². The number of rotatable bonds is 1. The van der Waals surface area contributed by atoms with Crippen molar-refractivity contribution >= 4 is 35.9 Å². The lowest BCUT2D eigenvalue weighted by atomic mass is 9.84. The normalized spacial score (nSPS) is 11.6. The van der Waals surface area contributed by atoms with Crippen LogP contribution >= 0.6 is 24.0 Å². The molecule has 0 radical (unpaired) electrons. The smallest absolute Gasteiger partial charge is 0.370 e. The zero-order valence-electron chi connectivity index (χ0n) is 12.1. The summed E-state index contributed by atoms with van der Waals surface area (Å²) < 4.78 is 38.9. The van der Waals surface area contributed by atoms with Gasteiger partial charge < -0.3 is 11.5 Å². The Bertz CT molecular complexity index is 604. The average Bonchev–Trinajstić information content (AvgIpc) is 2.24. The zero-order valence-corrected chi connectivity index (χ0v) is 13.7. The Kier molecular flexibility index (Phi) is 6.29. The van der Waals surface area contributed by atoms with Crippen molar-refractivity contribution in [3.63, 3.8) is 0 Å². The van der Waals surface area contributed by atoms with Gasteiger partial charge in [0.2, 0.25) is 0 Å². The van der Waals surface area contributed by atoms with E-state index in [-0.39, 0.29) is 28.6 Å². The molecule has 0 bridgehead atoms. The summed E-state index contributed by atoms with van der Waals surface area (Å²) in [4.78, 5) is 15.1. The summed E-state index contributed by atoms with van der Waals surface area (Å²) in [6.45, 7) is 5.05. The van der Waals surface area contributed by atoms with Crippen LogP contribution in [0.2, 0.25) is 5.02 Å². The predicted molar refractivity (Wildman–Crippen MR) is 82.5 cm³/mol. The van der Waals surface area contributed by atoms with E-state index in [9.17, 15) is 18.0 Å². The molecule has 0 saturated carbocycles. The van der Waals surface area contributed by atoms with Crippen molar-refractivity contribution in [3.05, 3.63) is 33.8 Å². The van der Waals surface area contributed by atoms with Crippen molar-refractivity contribution in [2.24, 2.45) is 16.5 Å². The summed E-state index contributed by atoms with van der Waals surface area (Å²) in [5.74, 6) is -1.57. The molecule has 124 valence electrons. The van der Waals surface area contributed by atoms with Gasteiger partial charge in [0.05, 0.1) is 16.1 Å². The Morgan fingerprint density at radius 2 is 1.68 bits per heavy atom. The number of carbonyl (C=O) groups is 1. The highest BCUT2D eigenvalue weighted by Crippen LogP contribution is 2.38. The maximum Gasteiger partial charge on any atom is 0.416 e. The lowest BCUT2D eigenvalue weighted by Crippen LogP contribution is -2.24. The summed E-state index contributed by atoms with van der Waals surface area (Å²) in [7, 11) is 0. The van der Waals surface area contributed by atoms with Crippen LogP contribution in [-0.2, 0) is 11.6 Å². The molecule has 0 fully saturated rings. The van der Waals surface area contributed by atoms with Crippen LogP contribution in [-0.4, -0.2) is 11.9 Å². The van der Waals surface area contributed by atoms with Crippen molar-refractivity contribution < 1.29 is 18.0 Å². The first-order chi connectivity index (χ1) is 9.34. The van der Waals surface area contributed by atoms with Crippen LogP contribution in [0.3, 0.4) is 0 Å². The lowest BCUT2D eigenvalue weighted by Gasteiger charge is -2.23. The van der Waals surface area contributed by atoms with Gasteiger partial charge in [0, 0.05) is 0 Å². The first-order valence-electron chi connectivity index (χ1n) is 5.89. The fraction of sp³-hybridized carbons (Fsp3) is 0.385. The highest BCUT2D eigenvalue weighted by atomic mass is 35.5. The second-order valence-corrected chi connectivity index (χ2v) is 5.85. The summed E-state index contributed by atoms with van der Waals surface area (Å²) in [6, 6.07) is 1.57. The highest BCUT2D eigenvalue weighted by molar-refractivity contribution is 6.35. The molecule has 0 aliphatic carbocycles. The van der Waals surface area contributed by atoms with Gasteiger partial charge in [0.1, 0.15) is 0 Å². The van der Waals surface area contributed by atoms with Crippen molar-refractivity contribution in [3.8, 4) is 0 Å². The van der Waals surface area contributed by atoms with Crippen LogP contribution in [0.1, 0.15) is 42.3 Å². The van der Waals surface area contributed by atoms with E-state index >= 15 is 0 Å². The molecule has 9 heteroatoms. The van der Waals surface area contributed by atoms with E-state index in [4.69, 9.17) is 23.1 Å². The number of benzene rings is 1. The van der Waals surface area contributed by atoms with E-state index in [1.165, 1.54) is 0 Å². The number of nitrogens with two attached hydrogens (primary N) is 2. The van der Waals surface area contributed by atoms with Crippen molar-refractivity contribution in [2.75, 3.05) is 0 Å². The summed E-state index contributed by atoms with van der Waals surface area (Å²) >= 11 is 6.05. The van der Waals surface area contributed by atoms with Gasteiger partial charge in [0.15, 0.2) is 5.96 Å². The van der Waals surface area contributed by atoms with E-state index in [1.54, 1.807) is 20.8 Å². The summed E-state index contributed by atoms with van der Waals surface area (Å²) in [6.07, 6.45) is -4.61. The molecule has 1 aromatic carbocycles. The van der Waals surface area contributed by atoms with Crippen LogP contribution in [0, 0.1) is 0 Å². The zero-order chi connectivity index (χ0) is 16.6. The van der Waals surface area contributed by atoms with E-state index in [0.29, 0.717) is 6.07 Å². The van der Waals surface area contributed by atoms with Gasteiger partial charge in [-0.25, -0.2) is 0 Å². The molecule has 0 unspecified atom stereocenters. The quantitative estimate of drug-likeness (QED) is 0.596. The molecule has 22 heavy (non-hydrogen) atoms. The van der Waals surface area contributed by atoms with E-state index in [0.717, 1.165) is 6.07 Å². The Balaban J connectivity index is 0.00000441. The molecule has 1 aromatic rings. The second-order valence-electron chi connectivity index (χ2n) is 5.47. The van der Waals surface area contributed by atoms with Gasteiger partial charge in [-0.1, -0.05) is 32.4 Å². The van der Waals surface area contributed by atoms with Crippen molar-refractivity contribution in [2.45, 2.75) is 32.4 Å². The van der Waals surface area contributed by atoms with Gasteiger partial charge in [-0.05, 0) is 23.1 Å². The molecule has 0 saturated heterocycles. The van der Waals surface area contributed by atoms with Crippen LogP contribution in [0.25, 0.3) is 0 Å².